The van der Waals surface area contributed by atoms with Crippen LogP contribution in [-0.4, -0.2) is 30.5 Å². The van der Waals surface area contributed by atoms with Gasteiger partial charge in [0, 0.05) is 6.04 Å². The van der Waals surface area contributed by atoms with Crippen LogP contribution in [0.1, 0.15) is 20.3 Å². The third-order valence-electron chi connectivity index (χ3n) is 1.10. The molecule has 0 saturated heterocycles. The first-order chi connectivity index (χ1) is 5.13. The molecule has 0 aromatic heterocycles. The van der Waals surface area contributed by atoms with Gasteiger partial charge in [0.1, 0.15) is 0 Å². The fourth-order valence-electron chi connectivity index (χ4n) is 0.622. The molecule has 0 rings (SSSR count). The fraction of sp³-hybridized carbons (Fsp3) is 0.857. The van der Waals surface area contributed by atoms with E-state index in [1.54, 1.807) is 0 Å². The van der Waals surface area contributed by atoms with Crippen LogP contribution in [-0.2, 0) is 4.74 Å². The summed E-state index contributed by atoms with van der Waals surface area (Å²) in [5.41, 5.74) is 0. The molecule has 0 heterocycles. The van der Waals surface area contributed by atoms with E-state index in [9.17, 15) is 4.79 Å². The topological polar surface area (TPSA) is 58.6 Å². The molecule has 4 nitrogen and oxygen atoms in total. The largest absolute Gasteiger partial charge is 0.505 e. The number of rotatable bonds is 5. The Kier molecular flexibility index (Phi) is 5.56. The highest BCUT2D eigenvalue weighted by molar-refractivity contribution is 5.56. The van der Waals surface area contributed by atoms with Crippen LogP contribution in [0.15, 0.2) is 0 Å². The standard InChI is InChI=1S/C7H15NO3/c1-6(2)8-4-3-5-11-7(9)10/h6,8H,3-5H2,1-2H3,(H,9,10). The molecule has 0 aromatic carbocycles. The van der Waals surface area contributed by atoms with Gasteiger partial charge in [-0.1, -0.05) is 13.8 Å². The quantitative estimate of drug-likeness (QED) is 0.467. The van der Waals surface area contributed by atoms with Crippen molar-refractivity contribution in [1.29, 1.82) is 0 Å². The Morgan fingerprint density at radius 2 is 2.27 bits per heavy atom. The Morgan fingerprint density at radius 3 is 2.73 bits per heavy atom. The van der Waals surface area contributed by atoms with Crippen molar-refractivity contribution >= 4 is 6.16 Å². The van der Waals surface area contributed by atoms with Gasteiger partial charge < -0.3 is 15.2 Å². The van der Waals surface area contributed by atoms with Crippen LogP contribution < -0.4 is 5.32 Å². The van der Waals surface area contributed by atoms with E-state index >= 15 is 0 Å². The van der Waals surface area contributed by atoms with E-state index in [0.29, 0.717) is 6.04 Å². The normalized spacial score (nSPS) is 10.1. The van der Waals surface area contributed by atoms with Gasteiger partial charge in [0.2, 0.25) is 0 Å². The molecule has 0 aliphatic carbocycles. The maximum absolute atomic E-state index is 9.85. The molecule has 0 amide bonds. The van der Waals surface area contributed by atoms with E-state index in [4.69, 9.17) is 5.11 Å². The summed E-state index contributed by atoms with van der Waals surface area (Å²) < 4.78 is 4.30. The second kappa shape index (κ2) is 5.97. The zero-order chi connectivity index (χ0) is 8.69. The van der Waals surface area contributed by atoms with Crippen LogP contribution in [0.2, 0.25) is 0 Å². The second-order valence-electron chi connectivity index (χ2n) is 2.58. The fourth-order valence-corrected chi connectivity index (χ4v) is 0.622. The molecule has 0 unspecified atom stereocenters. The highest BCUT2D eigenvalue weighted by Gasteiger charge is 1.95. The molecule has 4 heteroatoms. The van der Waals surface area contributed by atoms with Crippen LogP contribution in [0, 0.1) is 0 Å². The molecule has 0 saturated carbocycles. The van der Waals surface area contributed by atoms with Gasteiger partial charge in [0.05, 0.1) is 6.61 Å². The third kappa shape index (κ3) is 9.23. The second-order valence-corrected chi connectivity index (χ2v) is 2.58. The van der Waals surface area contributed by atoms with E-state index in [1.165, 1.54) is 0 Å². The molecule has 2 N–H and O–H groups in total. The van der Waals surface area contributed by atoms with E-state index < -0.39 is 6.16 Å². The predicted molar refractivity (Wildman–Crippen MR) is 41.7 cm³/mol. The van der Waals surface area contributed by atoms with E-state index in [0.717, 1.165) is 13.0 Å². The van der Waals surface area contributed by atoms with E-state index in [2.05, 4.69) is 10.1 Å². The smallest absolute Gasteiger partial charge is 0.450 e. The average Bonchev–Trinajstić information content (AvgIpc) is 1.85. The summed E-state index contributed by atoms with van der Waals surface area (Å²) in [4.78, 5) is 9.85. The summed E-state index contributed by atoms with van der Waals surface area (Å²) in [6.07, 6.45) is -0.473. The Labute approximate surface area is 66.5 Å². The average molecular weight is 161 g/mol. The van der Waals surface area contributed by atoms with Crippen LogP contribution in [0.4, 0.5) is 4.79 Å². The first kappa shape index (κ1) is 10.2. The molecule has 66 valence electrons. The lowest BCUT2D eigenvalue weighted by molar-refractivity contribution is 0.0905. The van der Waals surface area contributed by atoms with Crippen molar-refractivity contribution < 1.29 is 14.6 Å². The van der Waals surface area contributed by atoms with Gasteiger partial charge in [-0.3, -0.25) is 0 Å². The first-order valence-corrected chi connectivity index (χ1v) is 3.72. The minimum atomic E-state index is -1.20. The summed E-state index contributed by atoms with van der Waals surface area (Å²) in [6, 6.07) is 0.444. The summed E-state index contributed by atoms with van der Waals surface area (Å²) in [5.74, 6) is 0. The third-order valence-corrected chi connectivity index (χ3v) is 1.10. The summed E-state index contributed by atoms with van der Waals surface area (Å²) >= 11 is 0. The lowest BCUT2D eigenvalue weighted by Gasteiger charge is -2.06. The van der Waals surface area contributed by atoms with Crippen LogP contribution >= 0.6 is 0 Å². The van der Waals surface area contributed by atoms with Gasteiger partial charge in [-0.25, -0.2) is 4.79 Å². The first-order valence-electron chi connectivity index (χ1n) is 3.72. The molecule has 0 aliphatic heterocycles. The monoisotopic (exact) mass is 161 g/mol. The van der Waals surface area contributed by atoms with Crippen molar-refractivity contribution in [2.45, 2.75) is 26.3 Å². The van der Waals surface area contributed by atoms with Gasteiger partial charge in [0.25, 0.3) is 0 Å². The van der Waals surface area contributed by atoms with Crippen LogP contribution in [0.3, 0.4) is 0 Å². The molecule has 0 fully saturated rings. The van der Waals surface area contributed by atoms with Crippen molar-refractivity contribution in [2.24, 2.45) is 0 Å². The van der Waals surface area contributed by atoms with Crippen molar-refractivity contribution in [1.82, 2.24) is 5.32 Å². The maximum Gasteiger partial charge on any atom is 0.505 e. The number of carbonyl (C=O) groups is 1. The molecule has 0 radical (unpaired) electrons. The zero-order valence-corrected chi connectivity index (χ0v) is 6.96. The maximum atomic E-state index is 9.85. The Bertz CT molecular complexity index is 114. The van der Waals surface area contributed by atoms with Crippen molar-refractivity contribution in [3.8, 4) is 0 Å². The molecule has 0 aliphatic rings. The van der Waals surface area contributed by atoms with Crippen molar-refractivity contribution in [3.05, 3.63) is 0 Å². The Hall–Kier alpha value is -0.770. The minimum absolute atomic E-state index is 0.273. The highest BCUT2D eigenvalue weighted by Crippen LogP contribution is 1.83. The highest BCUT2D eigenvalue weighted by atomic mass is 16.7. The predicted octanol–water partition coefficient (Wildman–Crippen LogP) is 1.07. The lowest BCUT2D eigenvalue weighted by Crippen LogP contribution is -2.24. The molecule has 0 spiro atoms. The summed E-state index contributed by atoms with van der Waals surface area (Å²) in [6.45, 7) is 5.15. The van der Waals surface area contributed by atoms with Gasteiger partial charge in [-0.15, -0.1) is 0 Å². The minimum Gasteiger partial charge on any atom is -0.450 e. The Balaban J connectivity index is 2.97. The van der Waals surface area contributed by atoms with Gasteiger partial charge >= 0.3 is 6.16 Å². The number of hydrogen-bond donors (Lipinski definition) is 2. The van der Waals surface area contributed by atoms with Gasteiger partial charge in [-0.05, 0) is 13.0 Å². The molecule has 0 bridgehead atoms. The Morgan fingerprint density at radius 1 is 1.64 bits per heavy atom. The summed E-state index contributed by atoms with van der Waals surface area (Å²) in [5, 5.41) is 11.2. The molecular weight excluding hydrogens is 146 g/mol. The molecule has 0 aromatic rings. The van der Waals surface area contributed by atoms with Crippen LogP contribution in [0.25, 0.3) is 0 Å². The molecule has 11 heavy (non-hydrogen) atoms. The zero-order valence-electron chi connectivity index (χ0n) is 6.96. The number of hydrogen-bond acceptors (Lipinski definition) is 3. The summed E-state index contributed by atoms with van der Waals surface area (Å²) in [7, 11) is 0. The number of carboxylic acid groups (broad SMARTS) is 1. The lowest BCUT2D eigenvalue weighted by atomic mass is 10.3. The van der Waals surface area contributed by atoms with Crippen LogP contribution in [0.5, 0.6) is 0 Å². The molecular formula is C7H15NO3. The van der Waals surface area contributed by atoms with Gasteiger partial charge in [-0.2, -0.15) is 0 Å². The van der Waals surface area contributed by atoms with E-state index in [-0.39, 0.29) is 6.61 Å². The van der Waals surface area contributed by atoms with Crippen molar-refractivity contribution in [2.75, 3.05) is 13.2 Å². The number of nitrogens with one attached hydrogen (secondary N) is 1. The van der Waals surface area contributed by atoms with Gasteiger partial charge in [0.15, 0.2) is 0 Å². The molecule has 0 atom stereocenters. The van der Waals surface area contributed by atoms with Crippen molar-refractivity contribution in [3.63, 3.8) is 0 Å². The SMILES string of the molecule is CC(C)NCCCOC(=O)O. The van der Waals surface area contributed by atoms with E-state index in [1.807, 2.05) is 13.8 Å². The number of ether oxygens (including phenoxy) is 1.